The Morgan fingerprint density at radius 3 is 2.92 bits per heavy atom. The number of hydrogen-bond donors (Lipinski definition) is 1. The molecular formula is C8H16N4. The lowest BCUT2D eigenvalue weighted by atomic mass is 10.2. The fourth-order valence-electron chi connectivity index (χ4n) is 1.03. The Morgan fingerprint density at radius 2 is 2.33 bits per heavy atom. The van der Waals surface area contributed by atoms with Gasteiger partial charge in [0.1, 0.15) is 6.33 Å². The molecule has 0 atom stereocenters. The predicted molar refractivity (Wildman–Crippen MR) is 47.6 cm³/mol. The van der Waals surface area contributed by atoms with E-state index in [0.717, 1.165) is 18.9 Å². The van der Waals surface area contributed by atoms with Crippen molar-refractivity contribution in [3.63, 3.8) is 0 Å². The summed E-state index contributed by atoms with van der Waals surface area (Å²) in [5, 5.41) is 7.30. The Hall–Kier alpha value is -0.900. The molecule has 0 saturated heterocycles. The molecule has 0 unspecified atom stereocenters. The summed E-state index contributed by atoms with van der Waals surface area (Å²) in [5.74, 6) is 1.48. The molecule has 4 heteroatoms. The summed E-state index contributed by atoms with van der Waals surface area (Å²) in [6.45, 7) is 6.01. The van der Waals surface area contributed by atoms with Crippen LogP contribution in [0.4, 0.5) is 0 Å². The standard InChI is InChI=1S/C8H16N4/c1-7(2)5-12-6-10-8(11-12)4-9-3/h6-7,9H,4-5H2,1-3H3. The van der Waals surface area contributed by atoms with Crippen LogP contribution in [0.5, 0.6) is 0 Å². The van der Waals surface area contributed by atoms with Crippen molar-refractivity contribution in [1.82, 2.24) is 20.1 Å². The van der Waals surface area contributed by atoms with E-state index in [0.29, 0.717) is 5.92 Å². The monoisotopic (exact) mass is 168 g/mol. The van der Waals surface area contributed by atoms with Gasteiger partial charge < -0.3 is 5.32 Å². The molecule has 0 aliphatic heterocycles. The van der Waals surface area contributed by atoms with Gasteiger partial charge in [0.2, 0.25) is 0 Å². The van der Waals surface area contributed by atoms with Crippen LogP contribution in [0.2, 0.25) is 0 Å². The number of hydrogen-bond acceptors (Lipinski definition) is 3. The van der Waals surface area contributed by atoms with E-state index in [2.05, 4.69) is 29.2 Å². The van der Waals surface area contributed by atoms with Gasteiger partial charge in [-0.05, 0) is 13.0 Å². The number of aromatic nitrogens is 3. The van der Waals surface area contributed by atoms with Gasteiger partial charge in [-0.25, -0.2) is 4.98 Å². The van der Waals surface area contributed by atoms with Crippen molar-refractivity contribution in [2.75, 3.05) is 7.05 Å². The number of nitrogens with zero attached hydrogens (tertiary/aromatic N) is 3. The molecule has 1 aromatic rings. The molecule has 0 fully saturated rings. The third kappa shape index (κ3) is 2.62. The number of nitrogens with one attached hydrogen (secondary N) is 1. The van der Waals surface area contributed by atoms with Gasteiger partial charge in [0.25, 0.3) is 0 Å². The molecule has 0 aliphatic carbocycles. The third-order valence-electron chi connectivity index (χ3n) is 1.47. The molecule has 1 heterocycles. The predicted octanol–water partition coefficient (Wildman–Crippen LogP) is 0.653. The third-order valence-corrected chi connectivity index (χ3v) is 1.47. The minimum Gasteiger partial charge on any atom is -0.313 e. The minimum absolute atomic E-state index is 0.620. The second-order valence-corrected chi connectivity index (χ2v) is 3.31. The van der Waals surface area contributed by atoms with Crippen molar-refractivity contribution in [2.45, 2.75) is 26.9 Å². The van der Waals surface area contributed by atoms with Crippen LogP contribution in [0.25, 0.3) is 0 Å². The molecule has 0 radical (unpaired) electrons. The highest BCUT2D eigenvalue weighted by Gasteiger charge is 2.00. The molecule has 68 valence electrons. The lowest BCUT2D eigenvalue weighted by Gasteiger charge is -2.02. The summed E-state index contributed by atoms with van der Waals surface area (Å²) < 4.78 is 1.89. The van der Waals surface area contributed by atoms with Crippen molar-refractivity contribution in [2.24, 2.45) is 5.92 Å². The zero-order valence-electron chi connectivity index (χ0n) is 7.91. The molecule has 0 aliphatic rings. The quantitative estimate of drug-likeness (QED) is 0.718. The van der Waals surface area contributed by atoms with E-state index in [1.807, 2.05) is 11.7 Å². The fraction of sp³-hybridized carbons (Fsp3) is 0.750. The molecule has 1 aromatic heterocycles. The van der Waals surface area contributed by atoms with Crippen molar-refractivity contribution < 1.29 is 0 Å². The highest BCUT2D eigenvalue weighted by atomic mass is 15.3. The molecule has 4 nitrogen and oxygen atoms in total. The van der Waals surface area contributed by atoms with E-state index in [9.17, 15) is 0 Å². The van der Waals surface area contributed by atoms with Gasteiger partial charge in [0, 0.05) is 6.54 Å². The molecule has 0 bridgehead atoms. The Labute approximate surface area is 73.0 Å². The van der Waals surface area contributed by atoms with E-state index in [-0.39, 0.29) is 0 Å². The molecule has 0 saturated carbocycles. The zero-order chi connectivity index (χ0) is 8.97. The maximum absolute atomic E-state index is 4.28. The second-order valence-electron chi connectivity index (χ2n) is 3.31. The fourth-order valence-corrected chi connectivity index (χ4v) is 1.03. The van der Waals surface area contributed by atoms with Gasteiger partial charge in [-0.3, -0.25) is 4.68 Å². The van der Waals surface area contributed by atoms with Crippen LogP contribution in [0.3, 0.4) is 0 Å². The van der Waals surface area contributed by atoms with Crippen molar-refractivity contribution >= 4 is 0 Å². The Bertz CT molecular complexity index is 229. The Balaban J connectivity index is 2.52. The van der Waals surface area contributed by atoms with Gasteiger partial charge in [-0.2, -0.15) is 5.10 Å². The number of rotatable bonds is 4. The average molecular weight is 168 g/mol. The van der Waals surface area contributed by atoms with Crippen LogP contribution in [0.15, 0.2) is 6.33 Å². The van der Waals surface area contributed by atoms with E-state index in [1.54, 1.807) is 6.33 Å². The van der Waals surface area contributed by atoms with E-state index >= 15 is 0 Å². The van der Waals surface area contributed by atoms with Crippen LogP contribution in [0, 0.1) is 5.92 Å². The normalized spacial score (nSPS) is 11.0. The summed E-state index contributed by atoms with van der Waals surface area (Å²) in [7, 11) is 1.89. The molecule has 0 spiro atoms. The molecule has 1 rings (SSSR count). The molecular weight excluding hydrogens is 152 g/mol. The zero-order valence-corrected chi connectivity index (χ0v) is 7.91. The summed E-state index contributed by atoms with van der Waals surface area (Å²) in [6, 6.07) is 0. The first kappa shape index (κ1) is 9.19. The second kappa shape index (κ2) is 4.21. The van der Waals surface area contributed by atoms with Gasteiger partial charge in [0.15, 0.2) is 5.82 Å². The van der Waals surface area contributed by atoms with Crippen molar-refractivity contribution in [3.05, 3.63) is 12.2 Å². The van der Waals surface area contributed by atoms with E-state index in [1.165, 1.54) is 0 Å². The summed E-state index contributed by atoms with van der Waals surface area (Å²) in [4.78, 5) is 4.15. The van der Waals surface area contributed by atoms with Gasteiger partial charge in [-0.1, -0.05) is 13.8 Å². The van der Waals surface area contributed by atoms with Crippen LogP contribution in [0.1, 0.15) is 19.7 Å². The van der Waals surface area contributed by atoms with E-state index in [4.69, 9.17) is 0 Å². The largest absolute Gasteiger partial charge is 0.313 e. The molecule has 1 N–H and O–H groups in total. The first-order valence-corrected chi connectivity index (χ1v) is 4.25. The summed E-state index contributed by atoms with van der Waals surface area (Å²) in [5.41, 5.74) is 0. The van der Waals surface area contributed by atoms with Gasteiger partial charge >= 0.3 is 0 Å². The molecule has 0 amide bonds. The van der Waals surface area contributed by atoms with Crippen LogP contribution in [-0.2, 0) is 13.1 Å². The Kier molecular flexibility index (Phi) is 3.22. The van der Waals surface area contributed by atoms with Crippen LogP contribution >= 0.6 is 0 Å². The van der Waals surface area contributed by atoms with Crippen molar-refractivity contribution in [3.8, 4) is 0 Å². The lowest BCUT2D eigenvalue weighted by Crippen LogP contribution is -2.09. The van der Waals surface area contributed by atoms with Crippen LogP contribution in [-0.4, -0.2) is 21.8 Å². The first-order chi connectivity index (χ1) is 5.72. The van der Waals surface area contributed by atoms with Gasteiger partial charge in [-0.15, -0.1) is 0 Å². The Morgan fingerprint density at radius 1 is 1.58 bits per heavy atom. The smallest absolute Gasteiger partial charge is 0.164 e. The molecule has 12 heavy (non-hydrogen) atoms. The van der Waals surface area contributed by atoms with Crippen LogP contribution < -0.4 is 5.32 Å². The van der Waals surface area contributed by atoms with E-state index < -0.39 is 0 Å². The average Bonchev–Trinajstić information content (AvgIpc) is 2.36. The minimum atomic E-state index is 0.620. The highest BCUT2D eigenvalue weighted by Crippen LogP contribution is 1.97. The maximum Gasteiger partial charge on any atom is 0.164 e. The summed E-state index contributed by atoms with van der Waals surface area (Å²) >= 11 is 0. The SMILES string of the molecule is CNCc1ncn(CC(C)C)n1. The van der Waals surface area contributed by atoms with Gasteiger partial charge in [0.05, 0.1) is 6.54 Å². The maximum atomic E-state index is 4.28. The lowest BCUT2D eigenvalue weighted by molar-refractivity contribution is 0.478. The van der Waals surface area contributed by atoms with Crippen molar-refractivity contribution in [1.29, 1.82) is 0 Å². The topological polar surface area (TPSA) is 42.7 Å². The highest BCUT2D eigenvalue weighted by molar-refractivity contribution is 4.80. The summed E-state index contributed by atoms with van der Waals surface area (Å²) in [6.07, 6.45) is 1.78. The molecule has 0 aromatic carbocycles. The first-order valence-electron chi connectivity index (χ1n) is 4.25.